The number of carbonyl (C=O) groups excluding carboxylic acids is 2. The molecule has 0 aromatic heterocycles. The van der Waals surface area contributed by atoms with Gasteiger partial charge in [-0.15, -0.1) is 0 Å². The van der Waals surface area contributed by atoms with E-state index in [9.17, 15) is 29.1 Å². The van der Waals surface area contributed by atoms with Gasteiger partial charge in [-0.1, -0.05) is 6.07 Å². The van der Waals surface area contributed by atoms with E-state index in [1.54, 1.807) is 6.07 Å². The topological polar surface area (TPSA) is 127 Å². The molecule has 1 aliphatic carbocycles. The van der Waals surface area contributed by atoms with Crippen LogP contribution in [0.2, 0.25) is 0 Å². The van der Waals surface area contributed by atoms with Crippen LogP contribution >= 0.6 is 0 Å². The molecule has 0 unspecified atom stereocenters. The number of carbonyl (C=O) groups is 3. The van der Waals surface area contributed by atoms with Gasteiger partial charge in [-0.2, -0.15) is 5.26 Å². The summed E-state index contributed by atoms with van der Waals surface area (Å²) >= 11 is 0. The average Bonchev–Trinajstić information content (AvgIpc) is 2.50. The normalized spacial score (nSPS) is 19.8. The second kappa shape index (κ2) is 5.53. The lowest BCUT2D eigenvalue weighted by Gasteiger charge is -2.29. The standard InChI is InChI=1S/C15H11FN2O5/c1-15(6-17)9-3-2-7(16)4-8(9)12(21)11(13(15)22)14(23)18-5-10(19)20/h2-4,21H,5H2,1H3,(H,18,23)(H,19,20)/t15-/m0/s1. The zero-order valence-corrected chi connectivity index (χ0v) is 11.9. The number of carboxylic acid groups (broad SMARTS) is 1. The van der Waals surface area contributed by atoms with E-state index in [1.165, 1.54) is 13.0 Å². The number of amides is 1. The molecule has 3 N–H and O–H groups in total. The van der Waals surface area contributed by atoms with E-state index in [2.05, 4.69) is 0 Å². The number of ketones is 1. The van der Waals surface area contributed by atoms with Gasteiger partial charge in [0.1, 0.15) is 29.1 Å². The molecule has 0 spiro atoms. The fraction of sp³-hybridized carbons (Fsp3) is 0.200. The largest absolute Gasteiger partial charge is 0.506 e. The number of aliphatic hydroxyl groups is 1. The van der Waals surface area contributed by atoms with Gasteiger partial charge < -0.3 is 15.5 Å². The van der Waals surface area contributed by atoms with Crippen molar-refractivity contribution in [2.24, 2.45) is 0 Å². The molecule has 2 rings (SSSR count). The Balaban J connectivity index is 2.64. The molecule has 23 heavy (non-hydrogen) atoms. The molecule has 0 radical (unpaired) electrons. The number of fused-ring (bicyclic) bond motifs is 1. The number of aliphatic carboxylic acids is 1. The van der Waals surface area contributed by atoms with Crippen LogP contribution < -0.4 is 5.32 Å². The van der Waals surface area contributed by atoms with Crippen molar-refractivity contribution in [1.29, 1.82) is 5.26 Å². The van der Waals surface area contributed by atoms with E-state index < -0.39 is 46.8 Å². The molecule has 0 fully saturated rings. The maximum Gasteiger partial charge on any atom is 0.322 e. The van der Waals surface area contributed by atoms with Crippen molar-refractivity contribution in [3.63, 3.8) is 0 Å². The third-order valence-electron chi connectivity index (χ3n) is 3.54. The zero-order valence-electron chi connectivity index (χ0n) is 11.9. The Morgan fingerprint density at radius 2 is 2.09 bits per heavy atom. The number of halogens is 1. The number of nitriles is 1. The highest BCUT2D eigenvalue weighted by atomic mass is 19.1. The molecular formula is C15H11FN2O5. The summed E-state index contributed by atoms with van der Waals surface area (Å²) in [5, 5.41) is 30.0. The predicted octanol–water partition coefficient (Wildman–Crippen LogP) is 0.660. The van der Waals surface area contributed by atoms with Gasteiger partial charge in [-0.3, -0.25) is 14.4 Å². The second-order valence-corrected chi connectivity index (χ2v) is 5.06. The lowest BCUT2D eigenvalue weighted by molar-refractivity contribution is -0.137. The van der Waals surface area contributed by atoms with Gasteiger partial charge in [0.2, 0.25) is 0 Å². The maximum absolute atomic E-state index is 13.4. The number of aliphatic hydroxyl groups excluding tert-OH is 1. The van der Waals surface area contributed by atoms with Gasteiger partial charge in [0.05, 0.1) is 6.07 Å². The van der Waals surface area contributed by atoms with Crippen LogP contribution in [0, 0.1) is 17.1 Å². The number of nitrogens with one attached hydrogen (secondary N) is 1. The summed E-state index contributed by atoms with van der Waals surface area (Å²) in [7, 11) is 0. The third-order valence-corrected chi connectivity index (χ3v) is 3.54. The van der Waals surface area contributed by atoms with Crippen LogP contribution in [-0.4, -0.2) is 34.4 Å². The van der Waals surface area contributed by atoms with Crippen LogP contribution in [0.3, 0.4) is 0 Å². The zero-order chi connectivity index (χ0) is 17.4. The minimum atomic E-state index is -1.80. The van der Waals surface area contributed by atoms with Crippen molar-refractivity contribution < 1.29 is 29.0 Å². The highest BCUT2D eigenvalue weighted by Crippen LogP contribution is 2.39. The smallest absolute Gasteiger partial charge is 0.322 e. The number of rotatable bonds is 3. The third kappa shape index (κ3) is 2.53. The average molecular weight is 318 g/mol. The number of hydrogen-bond acceptors (Lipinski definition) is 5. The van der Waals surface area contributed by atoms with E-state index >= 15 is 0 Å². The molecule has 1 amide bonds. The van der Waals surface area contributed by atoms with E-state index in [1.807, 2.05) is 5.32 Å². The van der Waals surface area contributed by atoms with E-state index in [-0.39, 0.29) is 11.1 Å². The molecule has 0 bridgehead atoms. The molecular weight excluding hydrogens is 307 g/mol. The summed E-state index contributed by atoms with van der Waals surface area (Å²) in [6, 6.07) is 4.88. The van der Waals surface area contributed by atoms with Gasteiger partial charge in [-0.05, 0) is 24.6 Å². The molecule has 1 aromatic carbocycles. The van der Waals surface area contributed by atoms with E-state index in [4.69, 9.17) is 5.11 Å². The lowest BCUT2D eigenvalue weighted by atomic mass is 9.70. The molecule has 1 aromatic rings. The number of hydrogen-bond donors (Lipinski definition) is 3. The molecule has 0 heterocycles. The van der Waals surface area contributed by atoms with Gasteiger partial charge in [0.25, 0.3) is 5.91 Å². The van der Waals surface area contributed by atoms with Gasteiger partial charge in [-0.25, -0.2) is 4.39 Å². The molecule has 8 heteroatoms. The summed E-state index contributed by atoms with van der Waals surface area (Å²) in [5.41, 5.74) is -2.66. The highest BCUT2D eigenvalue weighted by molar-refractivity contribution is 6.29. The van der Waals surface area contributed by atoms with Crippen molar-refractivity contribution in [3.8, 4) is 6.07 Å². The van der Waals surface area contributed by atoms with E-state index in [0.717, 1.165) is 12.1 Å². The first-order valence-corrected chi connectivity index (χ1v) is 6.42. The Bertz CT molecular complexity index is 809. The van der Waals surface area contributed by atoms with Crippen molar-refractivity contribution in [1.82, 2.24) is 5.32 Å². The monoisotopic (exact) mass is 318 g/mol. The van der Waals surface area contributed by atoms with E-state index in [0.29, 0.717) is 0 Å². The first-order valence-electron chi connectivity index (χ1n) is 6.42. The predicted molar refractivity (Wildman–Crippen MR) is 74.6 cm³/mol. The van der Waals surface area contributed by atoms with Gasteiger partial charge >= 0.3 is 5.97 Å². The van der Waals surface area contributed by atoms with Crippen LogP contribution in [-0.2, 0) is 19.8 Å². The van der Waals surface area contributed by atoms with Crippen LogP contribution in [0.15, 0.2) is 23.8 Å². The molecule has 7 nitrogen and oxygen atoms in total. The molecule has 0 saturated carbocycles. The SMILES string of the molecule is C[C@@]1(C#N)C(=O)C(C(=O)NCC(=O)O)=C(O)c2cc(F)ccc21. The second-order valence-electron chi connectivity index (χ2n) is 5.06. The molecule has 0 saturated heterocycles. The summed E-state index contributed by atoms with van der Waals surface area (Å²) in [6.45, 7) is 0.463. The minimum absolute atomic E-state index is 0.0682. The molecule has 1 aliphatic rings. The van der Waals surface area contributed by atoms with Crippen LogP contribution in [0.25, 0.3) is 5.76 Å². The Labute approximate surface area is 129 Å². The lowest BCUT2D eigenvalue weighted by Crippen LogP contribution is -2.43. The summed E-state index contributed by atoms with van der Waals surface area (Å²) in [6.07, 6.45) is 0. The first-order chi connectivity index (χ1) is 10.7. The van der Waals surface area contributed by atoms with Crippen molar-refractivity contribution in [2.45, 2.75) is 12.3 Å². The highest BCUT2D eigenvalue weighted by Gasteiger charge is 2.47. The number of nitrogens with zero attached hydrogens (tertiary/aromatic N) is 1. The number of benzene rings is 1. The van der Waals surface area contributed by atoms with Crippen LogP contribution in [0.5, 0.6) is 0 Å². The fourth-order valence-electron chi connectivity index (χ4n) is 2.33. The van der Waals surface area contributed by atoms with Crippen LogP contribution in [0.4, 0.5) is 4.39 Å². The Morgan fingerprint density at radius 1 is 1.43 bits per heavy atom. The van der Waals surface area contributed by atoms with Crippen LogP contribution in [0.1, 0.15) is 18.1 Å². The quantitative estimate of drug-likeness (QED) is 0.702. The number of carboxylic acids is 1. The van der Waals surface area contributed by atoms with Crippen molar-refractivity contribution >= 4 is 23.4 Å². The summed E-state index contributed by atoms with van der Waals surface area (Å²) in [5.74, 6) is -5.00. The molecule has 118 valence electrons. The number of Topliss-reactive ketones (excluding diaryl/α,β-unsaturated/α-hetero) is 1. The van der Waals surface area contributed by atoms with Crippen molar-refractivity contribution in [2.75, 3.05) is 6.54 Å². The Morgan fingerprint density at radius 3 is 2.65 bits per heavy atom. The maximum atomic E-state index is 13.4. The fourth-order valence-corrected chi connectivity index (χ4v) is 2.33. The van der Waals surface area contributed by atoms with Crippen molar-refractivity contribution in [3.05, 3.63) is 40.7 Å². The summed E-state index contributed by atoms with van der Waals surface area (Å²) < 4.78 is 13.4. The summed E-state index contributed by atoms with van der Waals surface area (Å²) in [4.78, 5) is 35.0. The Kier molecular flexibility index (Phi) is 3.89. The molecule has 0 aliphatic heterocycles. The van der Waals surface area contributed by atoms with Gasteiger partial charge in [0.15, 0.2) is 5.78 Å². The molecule has 1 atom stereocenters. The van der Waals surface area contributed by atoms with Gasteiger partial charge in [0, 0.05) is 5.56 Å². The first kappa shape index (κ1) is 16.2. The Hall–Kier alpha value is -3.21. The minimum Gasteiger partial charge on any atom is -0.506 e.